The number of hydrogen-bond acceptors (Lipinski definition) is 7. The molecule has 1 N–H and O–H groups in total. The lowest BCUT2D eigenvalue weighted by molar-refractivity contribution is -0.274. The highest BCUT2D eigenvalue weighted by Crippen LogP contribution is 2.24. The summed E-state index contributed by atoms with van der Waals surface area (Å²) in [6, 6.07) is 9.32. The van der Waals surface area contributed by atoms with E-state index in [0.717, 1.165) is 5.56 Å². The lowest BCUT2D eigenvalue weighted by atomic mass is 10.0. The molecule has 0 spiro atoms. The first-order valence-electron chi connectivity index (χ1n) is 7.27. The molecule has 1 saturated heterocycles. The van der Waals surface area contributed by atoms with Gasteiger partial charge in [-0.05, 0) is 5.56 Å². The molecule has 0 aromatic heterocycles. The summed E-state index contributed by atoms with van der Waals surface area (Å²) in [6.45, 7) is 2.59. The highest BCUT2D eigenvalue weighted by Gasteiger charge is 2.44. The number of aliphatic hydroxyl groups excluding tert-OH is 1. The molecule has 0 unspecified atom stereocenters. The van der Waals surface area contributed by atoms with Gasteiger partial charge in [0.1, 0.15) is 6.10 Å². The normalized spacial score (nSPS) is 27.3. The Morgan fingerprint density at radius 2 is 1.78 bits per heavy atom. The topological polar surface area (TPSA) is 91.3 Å². The molecule has 7 heteroatoms. The third-order valence-electron chi connectivity index (χ3n) is 3.31. The second-order valence-electron chi connectivity index (χ2n) is 5.21. The summed E-state index contributed by atoms with van der Waals surface area (Å²) in [5.41, 5.74) is 0.885. The van der Waals surface area contributed by atoms with Crippen LogP contribution in [-0.2, 0) is 35.1 Å². The number of carbonyl (C=O) groups is 2. The summed E-state index contributed by atoms with van der Waals surface area (Å²) in [4.78, 5) is 22.5. The van der Waals surface area contributed by atoms with Crippen LogP contribution in [0, 0.1) is 0 Å². The Kier molecular flexibility index (Phi) is 6.09. The molecule has 0 bridgehead atoms. The lowest BCUT2D eigenvalue weighted by Crippen LogP contribution is -2.56. The largest absolute Gasteiger partial charge is 0.456 e. The first-order valence-corrected chi connectivity index (χ1v) is 7.27. The number of benzene rings is 1. The maximum absolute atomic E-state index is 11.3. The van der Waals surface area contributed by atoms with Crippen molar-refractivity contribution in [2.24, 2.45) is 0 Å². The van der Waals surface area contributed by atoms with Gasteiger partial charge in [-0.1, -0.05) is 30.3 Å². The molecular formula is C16H20O7. The van der Waals surface area contributed by atoms with Gasteiger partial charge in [-0.2, -0.15) is 0 Å². The molecule has 0 amide bonds. The molecule has 1 fully saturated rings. The van der Waals surface area contributed by atoms with Gasteiger partial charge >= 0.3 is 11.9 Å². The van der Waals surface area contributed by atoms with Crippen LogP contribution in [0.25, 0.3) is 0 Å². The summed E-state index contributed by atoms with van der Waals surface area (Å²) < 4.78 is 21.1. The Balaban J connectivity index is 2.10. The van der Waals surface area contributed by atoms with Crippen molar-refractivity contribution in [2.45, 2.75) is 45.1 Å². The van der Waals surface area contributed by atoms with Gasteiger partial charge in [0.25, 0.3) is 0 Å². The van der Waals surface area contributed by atoms with Crippen molar-refractivity contribution in [1.29, 1.82) is 0 Å². The molecule has 0 saturated carbocycles. The van der Waals surface area contributed by atoms with Gasteiger partial charge in [-0.15, -0.1) is 0 Å². The minimum atomic E-state index is -1.28. The standard InChI is InChI=1S/C16H20O7/c1-10(17)22-13-9-21-16(19)15(14(13)23-11(2)18)20-8-12-6-4-3-5-7-12/h3-7,13-16,19H,8-9H2,1-2H3/t13-,14-,15+,16-/m0/s1. The first-order chi connectivity index (χ1) is 11.0. The van der Waals surface area contributed by atoms with Crippen LogP contribution in [0.2, 0.25) is 0 Å². The number of carbonyl (C=O) groups excluding carboxylic acids is 2. The Labute approximate surface area is 134 Å². The predicted octanol–water partition coefficient (Wildman–Crippen LogP) is 0.784. The van der Waals surface area contributed by atoms with Gasteiger partial charge in [-0.3, -0.25) is 9.59 Å². The van der Waals surface area contributed by atoms with Crippen LogP contribution in [0.3, 0.4) is 0 Å². The average Bonchev–Trinajstić information content (AvgIpc) is 2.50. The number of ether oxygens (including phenoxy) is 4. The molecule has 126 valence electrons. The minimum Gasteiger partial charge on any atom is -0.456 e. The fourth-order valence-corrected chi connectivity index (χ4v) is 2.35. The van der Waals surface area contributed by atoms with Gasteiger partial charge in [0.15, 0.2) is 18.5 Å². The maximum Gasteiger partial charge on any atom is 0.303 e. The fraction of sp³-hybridized carbons (Fsp3) is 0.500. The number of hydrogen-bond donors (Lipinski definition) is 1. The Hall–Kier alpha value is -1.96. The minimum absolute atomic E-state index is 0.0795. The molecule has 1 aromatic rings. The fourth-order valence-electron chi connectivity index (χ4n) is 2.35. The molecule has 1 aromatic carbocycles. The van der Waals surface area contributed by atoms with Crippen LogP contribution in [0.4, 0.5) is 0 Å². The van der Waals surface area contributed by atoms with Gasteiger partial charge in [0, 0.05) is 13.8 Å². The van der Waals surface area contributed by atoms with E-state index in [2.05, 4.69) is 0 Å². The summed E-state index contributed by atoms with van der Waals surface area (Å²) in [6.07, 6.45) is -4.02. The molecule has 0 radical (unpaired) electrons. The molecular weight excluding hydrogens is 304 g/mol. The second-order valence-corrected chi connectivity index (χ2v) is 5.21. The van der Waals surface area contributed by atoms with Crippen molar-refractivity contribution in [1.82, 2.24) is 0 Å². The van der Waals surface area contributed by atoms with Crippen LogP contribution < -0.4 is 0 Å². The van der Waals surface area contributed by atoms with Crippen molar-refractivity contribution in [2.75, 3.05) is 6.61 Å². The molecule has 2 rings (SSSR count). The van der Waals surface area contributed by atoms with Crippen LogP contribution in [0.5, 0.6) is 0 Å². The molecule has 1 aliphatic heterocycles. The third-order valence-corrected chi connectivity index (χ3v) is 3.31. The van der Waals surface area contributed by atoms with E-state index >= 15 is 0 Å². The molecule has 23 heavy (non-hydrogen) atoms. The number of rotatable bonds is 5. The van der Waals surface area contributed by atoms with Crippen molar-refractivity contribution < 1.29 is 33.6 Å². The van der Waals surface area contributed by atoms with Gasteiger partial charge in [0.05, 0.1) is 13.2 Å². The SMILES string of the molecule is CC(=O)O[C@@H]1[C@@H](OCc2ccccc2)[C@@H](O)OC[C@@H]1OC(C)=O. The van der Waals surface area contributed by atoms with Crippen LogP contribution >= 0.6 is 0 Å². The van der Waals surface area contributed by atoms with E-state index in [9.17, 15) is 14.7 Å². The Bertz CT molecular complexity index is 530. The summed E-state index contributed by atoms with van der Waals surface area (Å²) in [7, 11) is 0. The van der Waals surface area contributed by atoms with E-state index in [4.69, 9.17) is 18.9 Å². The molecule has 7 nitrogen and oxygen atoms in total. The van der Waals surface area contributed by atoms with E-state index < -0.39 is 36.5 Å². The molecule has 0 aliphatic carbocycles. The Morgan fingerprint density at radius 1 is 1.13 bits per heavy atom. The average molecular weight is 324 g/mol. The lowest BCUT2D eigenvalue weighted by Gasteiger charge is -2.38. The van der Waals surface area contributed by atoms with Crippen molar-refractivity contribution >= 4 is 11.9 Å². The highest BCUT2D eigenvalue weighted by molar-refractivity contribution is 5.67. The van der Waals surface area contributed by atoms with Crippen LogP contribution in [-0.4, -0.2) is 48.3 Å². The first kappa shape index (κ1) is 17.4. The molecule has 1 heterocycles. The molecule has 4 atom stereocenters. The Morgan fingerprint density at radius 3 is 2.39 bits per heavy atom. The summed E-state index contributed by atoms with van der Waals surface area (Å²) in [5.74, 6) is -1.09. The van der Waals surface area contributed by atoms with E-state index in [-0.39, 0.29) is 13.2 Å². The van der Waals surface area contributed by atoms with Crippen molar-refractivity contribution in [3.63, 3.8) is 0 Å². The second kappa shape index (κ2) is 8.05. The summed E-state index contributed by atoms with van der Waals surface area (Å²) in [5, 5.41) is 10.0. The zero-order chi connectivity index (χ0) is 16.8. The van der Waals surface area contributed by atoms with Crippen molar-refractivity contribution in [3.8, 4) is 0 Å². The van der Waals surface area contributed by atoms with Crippen LogP contribution in [0.15, 0.2) is 30.3 Å². The van der Waals surface area contributed by atoms with Crippen LogP contribution in [0.1, 0.15) is 19.4 Å². The highest BCUT2D eigenvalue weighted by atomic mass is 16.7. The van der Waals surface area contributed by atoms with Gasteiger partial charge in [-0.25, -0.2) is 0 Å². The maximum atomic E-state index is 11.3. The zero-order valence-electron chi connectivity index (χ0n) is 13.0. The van der Waals surface area contributed by atoms with E-state index in [0.29, 0.717) is 0 Å². The summed E-state index contributed by atoms with van der Waals surface area (Å²) >= 11 is 0. The number of esters is 2. The van der Waals surface area contributed by atoms with E-state index in [1.54, 1.807) is 0 Å². The smallest absolute Gasteiger partial charge is 0.303 e. The third kappa shape index (κ3) is 5.02. The van der Waals surface area contributed by atoms with E-state index in [1.807, 2.05) is 30.3 Å². The quantitative estimate of drug-likeness (QED) is 0.800. The zero-order valence-corrected chi connectivity index (χ0v) is 13.0. The predicted molar refractivity (Wildman–Crippen MR) is 78.1 cm³/mol. The number of aliphatic hydroxyl groups is 1. The van der Waals surface area contributed by atoms with E-state index in [1.165, 1.54) is 13.8 Å². The monoisotopic (exact) mass is 324 g/mol. The van der Waals surface area contributed by atoms with Gasteiger partial charge < -0.3 is 24.1 Å². The molecule has 1 aliphatic rings. The van der Waals surface area contributed by atoms with Gasteiger partial charge in [0.2, 0.25) is 0 Å². The van der Waals surface area contributed by atoms with Crippen molar-refractivity contribution in [3.05, 3.63) is 35.9 Å².